The number of aromatic amines is 1. The van der Waals surface area contributed by atoms with Gasteiger partial charge in [0.05, 0.1) is 12.2 Å². The molecule has 0 radical (unpaired) electrons. The second-order valence-electron chi connectivity index (χ2n) is 3.48. The van der Waals surface area contributed by atoms with Crippen LogP contribution in [0.5, 0.6) is 0 Å². The number of ketones is 1. The molecular weight excluding hydrogens is 226 g/mol. The van der Waals surface area contributed by atoms with Crippen molar-refractivity contribution in [3.05, 3.63) is 22.5 Å². The number of aliphatic carboxylic acids is 1. The van der Waals surface area contributed by atoms with Crippen LogP contribution in [0.4, 0.5) is 0 Å². The fraction of sp³-hybridized carbons (Fsp3) is 0.364. The molecule has 2 N–H and O–H groups in total. The number of carboxylic acids is 1. The zero-order valence-electron chi connectivity index (χ0n) is 9.79. The van der Waals surface area contributed by atoms with Gasteiger partial charge in [-0.05, 0) is 26.3 Å². The van der Waals surface area contributed by atoms with Gasteiger partial charge >= 0.3 is 11.9 Å². The number of rotatable bonds is 4. The predicted octanol–water partition coefficient (Wildman–Crippen LogP) is 1.08. The Labute approximate surface area is 97.6 Å². The monoisotopic (exact) mass is 239 g/mol. The molecule has 0 aliphatic heterocycles. The highest BCUT2D eigenvalue weighted by Gasteiger charge is 2.26. The third-order valence-electron chi connectivity index (χ3n) is 2.34. The van der Waals surface area contributed by atoms with Crippen molar-refractivity contribution in [3.63, 3.8) is 0 Å². The molecule has 0 atom stereocenters. The Morgan fingerprint density at radius 2 is 1.88 bits per heavy atom. The molecule has 0 aromatic carbocycles. The molecule has 0 aliphatic rings. The normalized spacial score (nSPS) is 10.1. The third kappa shape index (κ3) is 2.35. The standard InChI is InChI=1S/C11H13NO5/c1-4-17-11(16)8-5(2)7(6(3)12-8)9(13)10(14)15/h12H,4H2,1-3H3,(H,14,15). The SMILES string of the molecule is CCOC(=O)c1[nH]c(C)c(C(=O)C(=O)O)c1C. The van der Waals surface area contributed by atoms with Crippen LogP contribution in [0.15, 0.2) is 0 Å². The zero-order valence-corrected chi connectivity index (χ0v) is 9.79. The van der Waals surface area contributed by atoms with Crippen molar-refractivity contribution in [3.8, 4) is 0 Å². The topological polar surface area (TPSA) is 96.5 Å². The van der Waals surface area contributed by atoms with Gasteiger partial charge in [-0.15, -0.1) is 0 Å². The highest BCUT2D eigenvalue weighted by atomic mass is 16.5. The summed E-state index contributed by atoms with van der Waals surface area (Å²) in [6.07, 6.45) is 0. The van der Waals surface area contributed by atoms with E-state index in [4.69, 9.17) is 9.84 Å². The number of aryl methyl sites for hydroxylation is 1. The number of ether oxygens (including phenoxy) is 1. The molecule has 0 bridgehead atoms. The van der Waals surface area contributed by atoms with Crippen molar-refractivity contribution in [2.24, 2.45) is 0 Å². The molecule has 0 spiro atoms. The number of esters is 1. The van der Waals surface area contributed by atoms with E-state index in [0.717, 1.165) is 0 Å². The van der Waals surface area contributed by atoms with E-state index >= 15 is 0 Å². The quantitative estimate of drug-likeness (QED) is 0.465. The summed E-state index contributed by atoms with van der Waals surface area (Å²) in [6, 6.07) is 0. The average molecular weight is 239 g/mol. The van der Waals surface area contributed by atoms with E-state index in [9.17, 15) is 14.4 Å². The first-order valence-corrected chi connectivity index (χ1v) is 5.04. The molecule has 6 heteroatoms. The largest absolute Gasteiger partial charge is 0.475 e. The molecule has 1 aromatic heterocycles. The zero-order chi connectivity index (χ0) is 13.2. The summed E-state index contributed by atoms with van der Waals surface area (Å²) >= 11 is 0. The number of carbonyl (C=O) groups is 3. The van der Waals surface area contributed by atoms with Crippen LogP contribution in [0.2, 0.25) is 0 Å². The lowest BCUT2D eigenvalue weighted by Gasteiger charge is -2.00. The van der Waals surface area contributed by atoms with Gasteiger partial charge in [-0.1, -0.05) is 0 Å². The Morgan fingerprint density at radius 3 is 2.35 bits per heavy atom. The maximum absolute atomic E-state index is 11.5. The van der Waals surface area contributed by atoms with E-state index in [1.807, 2.05) is 0 Å². The average Bonchev–Trinajstić information content (AvgIpc) is 2.53. The first-order chi connectivity index (χ1) is 7.90. The molecule has 0 aliphatic carbocycles. The summed E-state index contributed by atoms with van der Waals surface area (Å²) < 4.78 is 4.79. The molecule has 17 heavy (non-hydrogen) atoms. The molecule has 1 rings (SSSR count). The lowest BCUT2D eigenvalue weighted by atomic mass is 10.1. The first-order valence-electron chi connectivity index (χ1n) is 5.04. The van der Waals surface area contributed by atoms with Gasteiger partial charge in [-0.2, -0.15) is 0 Å². The molecule has 0 saturated carbocycles. The van der Waals surface area contributed by atoms with Crippen molar-refractivity contribution in [1.29, 1.82) is 0 Å². The minimum Gasteiger partial charge on any atom is -0.475 e. The Bertz CT molecular complexity index is 486. The van der Waals surface area contributed by atoms with Gasteiger partial charge in [0.25, 0.3) is 5.78 Å². The van der Waals surface area contributed by atoms with Crippen molar-refractivity contribution in [1.82, 2.24) is 4.98 Å². The number of carbonyl (C=O) groups excluding carboxylic acids is 2. The van der Waals surface area contributed by atoms with Gasteiger partial charge < -0.3 is 14.8 Å². The number of nitrogens with one attached hydrogen (secondary N) is 1. The highest BCUT2D eigenvalue weighted by molar-refractivity contribution is 6.40. The first kappa shape index (κ1) is 13.0. The summed E-state index contributed by atoms with van der Waals surface area (Å²) in [4.78, 5) is 36.2. The lowest BCUT2D eigenvalue weighted by molar-refractivity contribution is -0.131. The van der Waals surface area contributed by atoms with Crippen molar-refractivity contribution in [2.45, 2.75) is 20.8 Å². The molecule has 0 fully saturated rings. The van der Waals surface area contributed by atoms with E-state index < -0.39 is 17.7 Å². The van der Waals surface area contributed by atoms with Crippen LogP contribution in [0.25, 0.3) is 0 Å². The number of hydrogen-bond acceptors (Lipinski definition) is 4. The number of H-pyrrole nitrogens is 1. The van der Waals surface area contributed by atoms with Crippen LogP contribution < -0.4 is 0 Å². The summed E-state index contributed by atoms with van der Waals surface area (Å²) in [5, 5.41) is 8.66. The number of Topliss-reactive ketones (excluding diaryl/α,β-unsaturated/α-hetero) is 1. The smallest absolute Gasteiger partial charge is 0.377 e. The van der Waals surface area contributed by atoms with Gasteiger partial charge in [-0.3, -0.25) is 4.79 Å². The van der Waals surface area contributed by atoms with Gasteiger partial charge in [0.15, 0.2) is 0 Å². The minimum atomic E-state index is -1.55. The summed E-state index contributed by atoms with van der Waals surface area (Å²) in [7, 11) is 0. The van der Waals surface area contributed by atoms with Gasteiger partial charge in [0.2, 0.25) is 0 Å². The number of carboxylic acid groups (broad SMARTS) is 1. The van der Waals surface area contributed by atoms with Gasteiger partial charge in [0.1, 0.15) is 5.69 Å². The summed E-state index contributed by atoms with van der Waals surface area (Å²) in [6.45, 7) is 4.91. The molecule has 0 saturated heterocycles. The van der Waals surface area contributed by atoms with E-state index in [-0.39, 0.29) is 17.9 Å². The van der Waals surface area contributed by atoms with E-state index in [1.165, 1.54) is 13.8 Å². The molecule has 1 heterocycles. The Kier molecular flexibility index (Phi) is 3.67. The third-order valence-corrected chi connectivity index (χ3v) is 2.34. The van der Waals surface area contributed by atoms with E-state index in [2.05, 4.69) is 4.98 Å². The maximum atomic E-state index is 11.5. The van der Waals surface area contributed by atoms with Crippen LogP contribution in [-0.2, 0) is 9.53 Å². The fourth-order valence-corrected chi connectivity index (χ4v) is 1.60. The second-order valence-corrected chi connectivity index (χ2v) is 3.48. The number of hydrogen-bond donors (Lipinski definition) is 2. The Morgan fingerprint density at radius 1 is 1.29 bits per heavy atom. The molecule has 0 unspecified atom stereocenters. The molecule has 6 nitrogen and oxygen atoms in total. The highest BCUT2D eigenvalue weighted by Crippen LogP contribution is 2.19. The van der Waals surface area contributed by atoms with Crippen LogP contribution in [-0.4, -0.2) is 34.4 Å². The van der Waals surface area contributed by atoms with Crippen molar-refractivity contribution < 1.29 is 24.2 Å². The van der Waals surface area contributed by atoms with Crippen LogP contribution >= 0.6 is 0 Å². The minimum absolute atomic E-state index is 0.0144. The van der Waals surface area contributed by atoms with Gasteiger partial charge in [-0.25, -0.2) is 9.59 Å². The second kappa shape index (κ2) is 4.82. The van der Waals surface area contributed by atoms with Crippen LogP contribution in [0.3, 0.4) is 0 Å². The fourth-order valence-electron chi connectivity index (χ4n) is 1.60. The molecule has 92 valence electrons. The molecular formula is C11H13NO5. The van der Waals surface area contributed by atoms with E-state index in [1.54, 1.807) is 6.92 Å². The Balaban J connectivity index is 3.23. The summed E-state index contributed by atoms with van der Waals surface area (Å²) in [5.74, 6) is -3.19. The Hall–Kier alpha value is -2.11. The summed E-state index contributed by atoms with van der Waals surface area (Å²) in [5.41, 5.74) is 0.779. The van der Waals surface area contributed by atoms with Crippen molar-refractivity contribution in [2.75, 3.05) is 6.61 Å². The predicted molar refractivity (Wildman–Crippen MR) is 58.2 cm³/mol. The molecule has 0 amide bonds. The lowest BCUT2D eigenvalue weighted by Crippen LogP contribution is -2.14. The maximum Gasteiger partial charge on any atom is 0.377 e. The van der Waals surface area contributed by atoms with Gasteiger partial charge in [0, 0.05) is 5.69 Å². The van der Waals surface area contributed by atoms with Crippen LogP contribution in [0.1, 0.15) is 39.0 Å². The van der Waals surface area contributed by atoms with E-state index in [0.29, 0.717) is 11.3 Å². The number of aromatic nitrogens is 1. The van der Waals surface area contributed by atoms with Crippen LogP contribution in [0, 0.1) is 13.8 Å². The van der Waals surface area contributed by atoms with Crippen molar-refractivity contribution >= 4 is 17.7 Å². The molecule has 1 aromatic rings.